The van der Waals surface area contributed by atoms with Gasteiger partial charge in [-0.05, 0) is 18.9 Å². The second-order valence-electron chi connectivity index (χ2n) is 5.54. The largest absolute Gasteiger partial charge is 0.481 e. The van der Waals surface area contributed by atoms with Crippen LogP contribution in [0, 0.1) is 11.8 Å². The molecular formula is C14H26N2O3. The zero-order valence-electron chi connectivity index (χ0n) is 12.3. The maximum atomic E-state index is 12.1. The lowest BCUT2D eigenvalue weighted by atomic mass is 9.91. The monoisotopic (exact) mass is 270 g/mol. The number of carboxylic acid groups (broad SMARTS) is 1. The first-order chi connectivity index (χ1) is 8.95. The first-order valence-electron chi connectivity index (χ1n) is 7.18. The molecule has 1 unspecified atom stereocenters. The summed E-state index contributed by atoms with van der Waals surface area (Å²) in [6.07, 6.45) is 0.793. The van der Waals surface area contributed by atoms with Gasteiger partial charge in [-0.2, -0.15) is 0 Å². The number of nitrogens with zero attached hydrogens (tertiary/aromatic N) is 2. The van der Waals surface area contributed by atoms with Crippen LogP contribution in [-0.4, -0.2) is 59.5 Å². The lowest BCUT2D eigenvalue weighted by Gasteiger charge is -2.34. The number of hydrogen-bond acceptors (Lipinski definition) is 3. The van der Waals surface area contributed by atoms with E-state index in [9.17, 15) is 9.59 Å². The quantitative estimate of drug-likeness (QED) is 0.790. The summed E-state index contributed by atoms with van der Waals surface area (Å²) in [7, 11) is 0. The Kier molecular flexibility index (Phi) is 6.28. The van der Waals surface area contributed by atoms with Crippen LogP contribution in [0.1, 0.15) is 33.6 Å². The molecule has 0 aromatic carbocycles. The summed E-state index contributed by atoms with van der Waals surface area (Å²) in [6, 6.07) is 0. The summed E-state index contributed by atoms with van der Waals surface area (Å²) >= 11 is 0. The Labute approximate surface area is 115 Å². The summed E-state index contributed by atoms with van der Waals surface area (Å²) in [5, 5.41) is 9.10. The van der Waals surface area contributed by atoms with E-state index in [1.165, 1.54) is 0 Å². The predicted molar refractivity (Wildman–Crippen MR) is 73.9 cm³/mol. The summed E-state index contributed by atoms with van der Waals surface area (Å²) in [5.41, 5.74) is 0. The molecule has 1 saturated heterocycles. The van der Waals surface area contributed by atoms with Crippen molar-refractivity contribution < 1.29 is 14.7 Å². The molecular weight excluding hydrogens is 244 g/mol. The number of likely N-dealkylation sites (N-methyl/N-ethyl adjacent to an activating group) is 1. The minimum absolute atomic E-state index is 0.0715. The molecule has 5 nitrogen and oxygen atoms in total. The van der Waals surface area contributed by atoms with E-state index in [-0.39, 0.29) is 11.8 Å². The first kappa shape index (κ1) is 16.0. The Balaban J connectivity index is 2.37. The van der Waals surface area contributed by atoms with Crippen LogP contribution in [-0.2, 0) is 9.59 Å². The predicted octanol–water partition coefficient (Wildman–Crippen LogP) is 1.29. The minimum atomic E-state index is -0.793. The number of aliphatic carboxylic acids is 1. The number of amides is 1. The van der Waals surface area contributed by atoms with Gasteiger partial charge in [-0.25, -0.2) is 0 Å². The third-order valence-electron chi connectivity index (χ3n) is 3.96. The third-order valence-corrected chi connectivity index (χ3v) is 3.96. The Morgan fingerprint density at radius 1 is 1.16 bits per heavy atom. The molecule has 0 spiro atoms. The van der Waals surface area contributed by atoms with E-state index < -0.39 is 11.9 Å². The van der Waals surface area contributed by atoms with E-state index in [0.717, 1.165) is 32.7 Å². The van der Waals surface area contributed by atoms with Crippen LogP contribution in [0.15, 0.2) is 0 Å². The second-order valence-corrected chi connectivity index (χ2v) is 5.54. The van der Waals surface area contributed by atoms with Crippen LogP contribution in [0.5, 0.6) is 0 Å². The molecule has 1 heterocycles. The standard InChI is InChI=1S/C14H26N2O3/c1-4-15-7-9-16(10-8-15)13(17)6-5-12(11(2)3)14(18)19/h11-12H,4-10H2,1-3H3,(H,18,19). The summed E-state index contributed by atoms with van der Waals surface area (Å²) in [6.45, 7) is 10.3. The molecule has 1 fully saturated rings. The maximum Gasteiger partial charge on any atom is 0.306 e. The SMILES string of the molecule is CCN1CCN(C(=O)CCC(C(=O)O)C(C)C)CC1. The van der Waals surface area contributed by atoms with Crippen molar-refractivity contribution in [2.24, 2.45) is 11.8 Å². The number of hydrogen-bond donors (Lipinski definition) is 1. The number of piperazine rings is 1. The zero-order valence-corrected chi connectivity index (χ0v) is 12.3. The Bertz CT molecular complexity index is 310. The van der Waals surface area contributed by atoms with Crippen molar-refractivity contribution in [3.8, 4) is 0 Å². The van der Waals surface area contributed by atoms with Gasteiger partial charge in [-0.15, -0.1) is 0 Å². The highest BCUT2D eigenvalue weighted by atomic mass is 16.4. The molecule has 0 radical (unpaired) electrons. The molecule has 1 N–H and O–H groups in total. The van der Waals surface area contributed by atoms with Crippen molar-refractivity contribution in [1.29, 1.82) is 0 Å². The maximum absolute atomic E-state index is 12.1. The molecule has 19 heavy (non-hydrogen) atoms. The van der Waals surface area contributed by atoms with Gasteiger partial charge in [0.1, 0.15) is 0 Å². The molecule has 0 aromatic heterocycles. The molecule has 5 heteroatoms. The van der Waals surface area contributed by atoms with Gasteiger partial charge in [-0.3, -0.25) is 9.59 Å². The highest BCUT2D eigenvalue weighted by molar-refractivity contribution is 5.77. The molecule has 1 aliphatic rings. The molecule has 0 bridgehead atoms. The average molecular weight is 270 g/mol. The van der Waals surface area contributed by atoms with Gasteiger partial charge in [-0.1, -0.05) is 20.8 Å². The fourth-order valence-corrected chi connectivity index (χ4v) is 2.49. The number of carbonyl (C=O) groups is 2. The van der Waals surface area contributed by atoms with Crippen molar-refractivity contribution in [1.82, 2.24) is 9.80 Å². The van der Waals surface area contributed by atoms with E-state index >= 15 is 0 Å². The molecule has 0 aliphatic carbocycles. The van der Waals surface area contributed by atoms with Crippen LogP contribution in [0.25, 0.3) is 0 Å². The van der Waals surface area contributed by atoms with Gasteiger partial charge >= 0.3 is 5.97 Å². The molecule has 1 aliphatic heterocycles. The van der Waals surface area contributed by atoms with Gasteiger partial charge in [0.2, 0.25) is 5.91 Å². The van der Waals surface area contributed by atoms with Crippen molar-refractivity contribution in [3.63, 3.8) is 0 Å². The highest BCUT2D eigenvalue weighted by Crippen LogP contribution is 2.18. The van der Waals surface area contributed by atoms with E-state index in [1.54, 1.807) is 0 Å². The molecule has 1 rings (SSSR count). The van der Waals surface area contributed by atoms with Crippen molar-refractivity contribution in [2.75, 3.05) is 32.7 Å². The Hall–Kier alpha value is -1.10. The Morgan fingerprint density at radius 2 is 1.74 bits per heavy atom. The van der Waals surface area contributed by atoms with Gasteiger partial charge in [0, 0.05) is 32.6 Å². The van der Waals surface area contributed by atoms with E-state index in [1.807, 2.05) is 18.7 Å². The van der Waals surface area contributed by atoms with Crippen LogP contribution in [0.4, 0.5) is 0 Å². The van der Waals surface area contributed by atoms with Crippen LogP contribution >= 0.6 is 0 Å². The lowest BCUT2D eigenvalue weighted by Crippen LogP contribution is -2.48. The van der Waals surface area contributed by atoms with Crippen molar-refractivity contribution in [3.05, 3.63) is 0 Å². The fourth-order valence-electron chi connectivity index (χ4n) is 2.49. The van der Waals surface area contributed by atoms with E-state index in [4.69, 9.17) is 5.11 Å². The lowest BCUT2D eigenvalue weighted by molar-refractivity contribution is -0.144. The number of rotatable bonds is 6. The average Bonchev–Trinajstić information content (AvgIpc) is 2.38. The number of carboxylic acids is 1. The normalized spacial score (nSPS) is 18.6. The third kappa shape index (κ3) is 4.82. The number of carbonyl (C=O) groups excluding carboxylic acids is 1. The van der Waals surface area contributed by atoms with E-state index in [2.05, 4.69) is 11.8 Å². The van der Waals surface area contributed by atoms with Crippen LogP contribution in [0.3, 0.4) is 0 Å². The molecule has 1 amide bonds. The summed E-state index contributed by atoms with van der Waals surface area (Å²) < 4.78 is 0. The fraction of sp³-hybridized carbons (Fsp3) is 0.857. The zero-order chi connectivity index (χ0) is 14.4. The second kappa shape index (κ2) is 7.48. The Morgan fingerprint density at radius 3 is 2.16 bits per heavy atom. The van der Waals surface area contributed by atoms with Gasteiger partial charge < -0.3 is 14.9 Å². The van der Waals surface area contributed by atoms with Crippen molar-refractivity contribution >= 4 is 11.9 Å². The smallest absolute Gasteiger partial charge is 0.306 e. The molecule has 0 saturated carbocycles. The molecule has 110 valence electrons. The van der Waals surface area contributed by atoms with Crippen LogP contribution < -0.4 is 0 Å². The van der Waals surface area contributed by atoms with Crippen molar-refractivity contribution in [2.45, 2.75) is 33.6 Å². The first-order valence-corrected chi connectivity index (χ1v) is 7.18. The molecule has 0 aromatic rings. The van der Waals surface area contributed by atoms with Gasteiger partial charge in [0.25, 0.3) is 0 Å². The summed E-state index contributed by atoms with van der Waals surface area (Å²) in [5.74, 6) is -1.04. The van der Waals surface area contributed by atoms with E-state index in [0.29, 0.717) is 12.8 Å². The molecule has 1 atom stereocenters. The minimum Gasteiger partial charge on any atom is -0.481 e. The topological polar surface area (TPSA) is 60.9 Å². The highest BCUT2D eigenvalue weighted by Gasteiger charge is 2.25. The van der Waals surface area contributed by atoms with Gasteiger partial charge in [0.05, 0.1) is 5.92 Å². The summed E-state index contributed by atoms with van der Waals surface area (Å²) in [4.78, 5) is 27.3. The van der Waals surface area contributed by atoms with Gasteiger partial charge in [0.15, 0.2) is 0 Å². The van der Waals surface area contributed by atoms with Crippen LogP contribution in [0.2, 0.25) is 0 Å².